The fourth-order valence-electron chi connectivity index (χ4n) is 3.46. The van der Waals surface area contributed by atoms with Gasteiger partial charge in [0.1, 0.15) is 5.54 Å². The molecular weight excluding hydrogens is 254 g/mol. The summed E-state index contributed by atoms with van der Waals surface area (Å²) in [6.07, 6.45) is 5.29. The van der Waals surface area contributed by atoms with Crippen LogP contribution in [0.4, 0.5) is 0 Å². The lowest BCUT2D eigenvalue weighted by molar-refractivity contribution is -0.148. The number of rotatable bonds is 5. The molecule has 0 aromatic carbocycles. The number of likely N-dealkylation sites (N-methyl/N-ethyl adjacent to an activating group) is 1. The molecule has 0 saturated carbocycles. The summed E-state index contributed by atoms with van der Waals surface area (Å²) in [5, 5.41) is 3.12. The second-order valence-corrected chi connectivity index (χ2v) is 6.35. The highest BCUT2D eigenvalue weighted by atomic mass is 16.5. The van der Waals surface area contributed by atoms with Crippen LogP contribution in [0.3, 0.4) is 0 Å². The highest BCUT2D eigenvalue weighted by Crippen LogP contribution is 2.21. The van der Waals surface area contributed by atoms with E-state index in [1.165, 1.54) is 45.9 Å². The normalized spacial score (nSPS) is 28.2. The zero-order valence-corrected chi connectivity index (χ0v) is 13.2. The van der Waals surface area contributed by atoms with Gasteiger partial charge in [0.05, 0.1) is 7.11 Å². The molecule has 2 aliphatic rings. The Morgan fingerprint density at radius 2 is 2.00 bits per heavy atom. The quantitative estimate of drug-likeness (QED) is 0.753. The molecule has 0 aromatic heterocycles. The van der Waals surface area contributed by atoms with Gasteiger partial charge in [-0.3, -0.25) is 14.6 Å². The minimum atomic E-state index is -0.606. The number of nitrogens with zero attached hydrogens (tertiary/aromatic N) is 2. The number of methoxy groups -OCH3 is 1. The lowest BCUT2D eigenvalue weighted by Gasteiger charge is -2.34. The maximum absolute atomic E-state index is 11.9. The van der Waals surface area contributed by atoms with Gasteiger partial charge in [0.2, 0.25) is 0 Å². The van der Waals surface area contributed by atoms with Crippen LogP contribution in [0.2, 0.25) is 0 Å². The fraction of sp³-hybridized carbons (Fsp3) is 0.933. The standard InChI is InChI=1S/C15H29N3O2/c1-15(16-2,14(19)20-3)12-17-10-7-13(11-17)18-8-5-4-6-9-18/h13,16H,4-12H2,1-3H3. The molecule has 2 heterocycles. The third kappa shape index (κ3) is 3.51. The summed E-state index contributed by atoms with van der Waals surface area (Å²) in [5.41, 5.74) is -0.606. The minimum absolute atomic E-state index is 0.179. The Kier molecular flexibility index (Phi) is 5.41. The van der Waals surface area contributed by atoms with Crippen molar-refractivity contribution >= 4 is 5.97 Å². The average Bonchev–Trinajstić information content (AvgIpc) is 2.95. The Hall–Kier alpha value is -0.650. The number of carbonyl (C=O) groups is 1. The predicted molar refractivity (Wildman–Crippen MR) is 79.7 cm³/mol. The molecule has 0 amide bonds. The van der Waals surface area contributed by atoms with Gasteiger partial charge in [-0.25, -0.2) is 0 Å². The van der Waals surface area contributed by atoms with Gasteiger partial charge >= 0.3 is 5.97 Å². The first-order valence-electron chi connectivity index (χ1n) is 7.83. The highest BCUT2D eigenvalue weighted by molar-refractivity contribution is 5.80. The summed E-state index contributed by atoms with van der Waals surface area (Å²) in [6.45, 7) is 7.30. The van der Waals surface area contributed by atoms with E-state index in [0.717, 1.165) is 19.6 Å². The van der Waals surface area contributed by atoms with Gasteiger partial charge in [0.25, 0.3) is 0 Å². The van der Waals surface area contributed by atoms with E-state index in [1.807, 2.05) is 14.0 Å². The van der Waals surface area contributed by atoms with E-state index in [-0.39, 0.29) is 5.97 Å². The first-order valence-corrected chi connectivity index (χ1v) is 7.83. The SMILES string of the molecule is CNC(C)(CN1CCC(N2CCCCC2)C1)C(=O)OC. The van der Waals surface area contributed by atoms with E-state index in [0.29, 0.717) is 6.04 Å². The third-order valence-corrected chi connectivity index (χ3v) is 4.88. The van der Waals surface area contributed by atoms with Crippen LogP contribution in [0.25, 0.3) is 0 Å². The van der Waals surface area contributed by atoms with Crippen LogP contribution in [0.1, 0.15) is 32.6 Å². The molecule has 0 bridgehead atoms. The Labute approximate surface area is 122 Å². The topological polar surface area (TPSA) is 44.8 Å². The maximum Gasteiger partial charge on any atom is 0.327 e. The Morgan fingerprint density at radius 3 is 2.60 bits per heavy atom. The van der Waals surface area contributed by atoms with E-state index < -0.39 is 5.54 Å². The van der Waals surface area contributed by atoms with Crippen molar-refractivity contribution in [1.82, 2.24) is 15.1 Å². The Morgan fingerprint density at radius 1 is 1.30 bits per heavy atom. The van der Waals surface area contributed by atoms with E-state index >= 15 is 0 Å². The predicted octanol–water partition coefficient (Wildman–Crippen LogP) is 0.698. The molecule has 1 N–H and O–H groups in total. The molecule has 2 rings (SSSR count). The average molecular weight is 283 g/mol. The molecule has 2 fully saturated rings. The van der Waals surface area contributed by atoms with E-state index in [9.17, 15) is 4.79 Å². The second-order valence-electron chi connectivity index (χ2n) is 6.35. The Balaban J connectivity index is 1.87. The van der Waals surface area contributed by atoms with Crippen LogP contribution in [0.15, 0.2) is 0 Å². The van der Waals surface area contributed by atoms with Crippen LogP contribution in [-0.2, 0) is 9.53 Å². The van der Waals surface area contributed by atoms with Gasteiger partial charge in [0, 0.05) is 19.1 Å². The molecule has 0 spiro atoms. The first-order chi connectivity index (χ1) is 9.59. The van der Waals surface area contributed by atoms with Gasteiger partial charge in [-0.15, -0.1) is 0 Å². The largest absolute Gasteiger partial charge is 0.468 e. The zero-order valence-electron chi connectivity index (χ0n) is 13.2. The van der Waals surface area contributed by atoms with Crippen molar-refractivity contribution in [3.8, 4) is 0 Å². The minimum Gasteiger partial charge on any atom is -0.468 e. The summed E-state index contributed by atoms with van der Waals surface area (Å²) >= 11 is 0. The fourth-order valence-corrected chi connectivity index (χ4v) is 3.46. The summed E-state index contributed by atoms with van der Waals surface area (Å²) in [5.74, 6) is -0.179. The van der Waals surface area contributed by atoms with Gasteiger partial charge in [0.15, 0.2) is 0 Å². The smallest absolute Gasteiger partial charge is 0.327 e. The van der Waals surface area contributed by atoms with Gasteiger partial charge in [-0.1, -0.05) is 6.42 Å². The van der Waals surface area contributed by atoms with Crippen molar-refractivity contribution in [2.75, 3.05) is 46.9 Å². The maximum atomic E-state index is 11.9. The van der Waals surface area contributed by atoms with Crippen molar-refractivity contribution in [2.24, 2.45) is 0 Å². The number of piperidine rings is 1. The number of ether oxygens (including phenoxy) is 1. The highest BCUT2D eigenvalue weighted by Gasteiger charge is 2.37. The van der Waals surface area contributed by atoms with Crippen molar-refractivity contribution in [1.29, 1.82) is 0 Å². The van der Waals surface area contributed by atoms with E-state index in [2.05, 4.69) is 15.1 Å². The molecule has 2 unspecified atom stereocenters. The summed E-state index contributed by atoms with van der Waals surface area (Å²) in [7, 11) is 3.29. The first kappa shape index (κ1) is 15.7. The number of likely N-dealkylation sites (tertiary alicyclic amines) is 2. The van der Waals surface area contributed by atoms with Crippen molar-refractivity contribution in [3.05, 3.63) is 0 Å². The molecule has 2 aliphatic heterocycles. The summed E-state index contributed by atoms with van der Waals surface area (Å²) < 4.78 is 4.92. The van der Waals surface area contributed by atoms with E-state index in [1.54, 1.807) is 0 Å². The summed E-state index contributed by atoms with van der Waals surface area (Å²) in [4.78, 5) is 16.9. The number of nitrogens with one attached hydrogen (secondary N) is 1. The van der Waals surface area contributed by atoms with Crippen molar-refractivity contribution < 1.29 is 9.53 Å². The zero-order chi connectivity index (χ0) is 14.6. The monoisotopic (exact) mass is 283 g/mol. The summed E-state index contributed by atoms with van der Waals surface area (Å²) in [6, 6.07) is 0.675. The molecule has 20 heavy (non-hydrogen) atoms. The van der Waals surface area contributed by atoms with Gasteiger partial charge in [-0.2, -0.15) is 0 Å². The molecule has 0 aliphatic carbocycles. The lowest BCUT2D eigenvalue weighted by atomic mass is 10.0. The van der Waals surface area contributed by atoms with Crippen LogP contribution in [-0.4, -0.2) is 74.2 Å². The Bertz CT molecular complexity index is 331. The lowest BCUT2D eigenvalue weighted by Crippen LogP contribution is -2.56. The molecule has 5 heteroatoms. The second kappa shape index (κ2) is 6.87. The third-order valence-electron chi connectivity index (χ3n) is 4.88. The van der Waals surface area contributed by atoms with E-state index in [4.69, 9.17) is 4.74 Å². The number of carbonyl (C=O) groups excluding carboxylic acids is 1. The molecule has 0 radical (unpaired) electrons. The van der Waals surface area contributed by atoms with Crippen LogP contribution in [0, 0.1) is 0 Å². The molecule has 0 aromatic rings. The molecule has 2 atom stereocenters. The number of hydrogen-bond acceptors (Lipinski definition) is 5. The van der Waals surface area contributed by atoms with Crippen LogP contribution < -0.4 is 5.32 Å². The van der Waals surface area contributed by atoms with Crippen LogP contribution >= 0.6 is 0 Å². The van der Waals surface area contributed by atoms with Crippen LogP contribution in [0.5, 0.6) is 0 Å². The number of hydrogen-bond donors (Lipinski definition) is 1. The molecule has 5 nitrogen and oxygen atoms in total. The molecule has 116 valence electrons. The van der Waals surface area contributed by atoms with Gasteiger partial charge < -0.3 is 10.1 Å². The van der Waals surface area contributed by atoms with Crippen molar-refractivity contribution in [3.63, 3.8) is 0 Å². The molecular formula is C15H29N3O2. The van der Waals surface area contributed by atoms with Crippen molar-refractivity contribution in [2.45, 2.75) is 44.2 Å². The number of esters is 1. The van der Waals surface area contributed by atoms with Gasteiger partial charge in [-0.05, 0) is 52.9 Å². The molecule has 2 saturated heterocycles.